The molecule has 0 radical (unpaired) electrons. The van der Waals surface area contributed by atoms with E-state index in [1.165, 1.54) is 16.7 Å². The number of nitrogens with two attached hydrogens (primary N) is 2. The molecule has 2 saturated heterocycles. The molecule has 4 aliphatic heterocycles. The van der Waals surface area contributed by atoms with Crippen LogP contribution in [0.1, 0.15) is 100 Å². The SMILES string of the molecule is CCc1c(C)cnc(CN2CC(CC(=O)N3CCC(OCCc4c(C)cnc(CN5CC(CC(=O)N6CCC(O)C6)c6c(Cl)nc(N)nc65)c4C)C3)c3c(Cl)nc(N)nc32)c1C. The van der Waals surface area contributed by atoms with Gasteiger partial charge in [-0.05, 0) is 86.8 Å². The van der Waals surface area contributed by atoms with E-state index in [0.29, 0.717) is 89.0 Å². The molecule has 16 nitrogen and oxygen atoms in total. The number of hydrogen-bond acceptors (Lipinski definition) is 14. The molecule has 0 spiro atoms. The zero-order valence-corrected chi connectivity index (χ0v) is 37.6. The zero-order chi connectivity index (χ0) is 44.0. The molecule has 0 aromatic carbocycles. The predicted molar refractivity (Wildman–Crippen MR) is 238 cm³/mol. The second-order valence-corrected chi connectivity index (χ2v) is 18.0. The van der Waals surface area contributed by atoms with E-state index in [9.17, 15) is 14.7 Å². The van der Waals surface area contributed by atoms with Crippen LogP contribution in [0.25, 0.3) is 0 Å². The second kappa shape index (κ2) is 18.1. The summed E-state index contributed by atoms with van der Waals surface area (Å²) in [6.45, 7) is 15.0. The minimum absolute atomic E-state index is 0.0289. The maximum atomic E-state index is 13.9. The highest BCUT2D eigenvalue weighted by Crippen LogP contribution is 2.44. The maximum absolute atomic E-state index is 13.9. The first-order chi connectivity index (χ1) is 29.7. The lowest BCUT2D eigenvalue weighted by Gasteiger charge is -2.22. The molecule has 4 aliphatic rings. The number of amides is 2. The molecule has 2 fully saturated rings. The van der Waals surface area contributed by atoms with E-state index in [1.54, 1.807) is 4.90 Å². The summed E-state index contributed by atoms with van der Waals surface area (Å²) in [6, 6.07) is 0. The topological polar surface area (TPSA) is 206 Å². The normalized spacial score (nSPS) is 20.7. The van der Waals surface area contributed by atoms with E-state index in [-0.39, 0.29) is 64.8 Å². The molecule has 8 rings (SSSR count). The first kappa shape index (κ1) is 43.7. The molecule has 4 aromatic rings. The average Bonchev–Trinajstić information content (AvgIpc) is 4.02. The van der Waals surface area contributed by atoms with Crippen molar-refractivity contribution in [3.8, 4) is 0 Å². The Balaban J connectivity index is 0.877. The maximum Gasteiger partial charge on any atom is 0.223 e. The Kier molecular flexibility index (Phi) is 12.7. The fourth-order valence-corrected chi connectivity index (χ4v) is 10.5. The van der Waals surface area contributed by atoms with Crippen LogP contribution >= 0.6 is 23.2 Å². The number of carbonyl (C=O) groups is 2. The number of halogens is 2. The first-order valence-electron chi connectivity index (χ1n) is 21.6. The van der Waals surface area contributed by atoms with E-state index in [4.69, 9.17) is 49.4 Å². The number of anilines is 4. The Labute approximate surface area is 372 Å². The lowest BCUT2D eigenvalue weighted by atomic mass is 9.99. The van der Waals surface area contributed by atoms with Crippen LogP contribution in [-0.2, 0) is 40.3 Å². The highest BCUT2D eigenvalue weighted by molar-refractivity contribution is 6.31. The van der Waals surface area contributed by atoms with E-state index in [2.05, 4.69) is 64.4 Å². The number of nitrogens with zero attached hydrogens (tertiary/aromatic N) is 10. The van der Waals surface area contributed by atoms with E-state index in [0.717, 1.165) is 46.5 Å². The number of aryl methyl sites for hydroxylation is 2. The van der Waals surface area contributed by atoms with Gasteiger partial charge >= 0.3 is 0 Å². The van der Waals surface area contributed by atoms with Crippen LogP contribution in [-0.4, -0.2) is 115 Å². The molecular weight excluding hydrogens is 831 g/mol. The molecule has 0 saturated carbocycles. The monoisotopic (exact) mass is 886 g/mol. The number of nitrogen functional groups attached to an aromatic ring is 2. The van der Waals surface area contributed by atoms with Gasteiger partial charge in [0, 0.05) is 87.5 Å². The molecule has 5 N–H and O–H groups in total. The highest BCUT2D eigenvalue weighted by atomic mass is 35.5. The van der Waals surface area contributed by atoms with Crippen LogP contribution in [0, 0.1) is 27.7 Å². The Morgan fingerprint density at radius 3 is 1.76 bits per heavy atom. The molecule has 4 unspecified atom stereocenters. The molecule has 8 heterocycles. The smallest absolute Gasteiger partial charge is 0.223 e. The minimum atomic E-state index is -0.492. The first-order valence-corrected chi connectivity index (χ1v) is 22.3. The molecule has 4 aromatic heterocycles. The Morgan fingerprint density at radius 1 is 0.742 bits per heavy atom. The predicted octanol–water partition coefficient (Wildman–Crippen LogP) is 4.77. The van der Waals surface area contributed by atoms with Gasteiger partial charge in [-0.3, -0.25) is 19.6 Å². The second-order valence-electron chi connectivity index (χ2n) is 17.3. The number of hydrogen-bond donors (Lipinski definition) is 3. The van der Waals surface area contributed by atoms with Crippen molar-refractivity contribution in [1.29, 1.82) is 0 Å². The Morgan fingerprint density at radius 2 is 1.24 bits per heavy atom. The molecule has 18 heteroatoms. The molecule has 4 atom stereocenters. The van der Waals surface area contributed by atoms with E-state index < -0.39 is 6.10 Å². The molecule has 0 bridgehead atoms. The van der Waals surface area contributed by atoms with Crippen LogP contribution in [0.15, 0.2) is 12.4 Å². The Bertz CT molecular complexity index is 2390. The zero-order valence-electron chi connectivity index (χ0n) is 36.1. The summed E-state index contributed by atoms with van der Waals surface area (Å²) in [7, 11) is 0. The number of aliphatic hydroxyl groups is 1. The third-order valence-electron chi connectivity index (χ3n) is 13.2. The number of ether oxygens (including phenoxy) is 1. The average molecular weight is 888 g/mol. The number of fused-ring (bicyclic) bond motifs is 2. The van der Waals surface area contributed by atoms with Crippen molar-refractivity contribution in [2.75, 3.05) is 67.1 Å². The molecular formula is C44H56Cl2N12O4. The van der Waals surface area contributed by atoms with Crippen LogP contribution in [0.3, 0.4) is 0 Å². The summed E-state index contributed by atoms with van der Waals surface area (Å²) < 4.78 is 6.43. The molecule has 2 amide bonds. The van der Waals surface area contributed by atoms with Crippen molar-refractivity contribution in [3.05, 3.63) is 78.6 Å². The molecule has 0 aliphatic carbocycles. The van der Waals surface area contributed by atoms with Gasteiger partial charge in [-0.2, -0.15) is 9.97 Å². The fourth-order valence-electron chi connectivity index (χ4n) is 9.89. The summed E-state index contributed by atoms with van der Waals surface area (Å²) in [4.78, 5) is 62.1. The lowest BCUT2D eigenvalue weighted by Crippen LogP contribution is -2.32. The van der Waals surface area contributed by atoms with Crippen molar-refractivity contribution in [3.63, 3.8) is 0 Å². The van der Waals surface area contributed by atoms with Gasteiger partial charge in [-0.1, -0.05) is 30.1 Å². The van der Waals surface area contributed by atoms with Gasteiger partial charge < -0.3 is 40.9 Å². The van der Waals surface area contributed by atoms with Gasteiger partial charge in [0.1, 0.15) is 21.9 Å². The van der Waals surface area contributed by atoms with Gasteiger partial charge in [-0.25, -0.2) is 9.97 Å². The fraction of sp³-hybridized carbons (Fsp3) is 0.545. The van der Waals surface area contributed by atoms with Crippen LogP contribution in [0.2, 0.25) is 10.3 Å². The van der Waals surface area contributed by atoms with Crippen molar-refractivity contribution >= 4 is 58.5 Å². The summed E-state index contributed by atoms with van der Waals surface area (Å²) >= 11 is 13.3. The van der Waals surface area contributed by atoms with Crippen LogP contribution < -0.4 is 21.3 Å². The van der Waals surface area contributed by atoms with E-state index in [1.807, 2.05) is 17.3 Å². The van der Waals surface area contributed by atoms with Gasteiger partial charge in [-0.15, -0.1) is 0 Å². The summed E-state index contributed by atoms with van der Waals surface area (Å²) in [5.74, 6) is 1.05. The van der Waals surface area contributed by atoms with Gasteiger partial charge in [0.15, 0.2) is 0 Å². The molecule has 62 heavy (non-hydrogen) atoms. The number of likely N-dealkylation sites (tertiary alicyclic amines) is 2. The highest BCUT2D eigenvalue weighted by Gasteiger charge is 2.39. The lowest BCUT2D eigenvalue weighted by molar-refractivity contribution is -0.131. The van der Waals surface area contributed by atoms with Crippen LogP contribution in [0.4, 0.5) is 23.5 Å². The number of carbonyl (C=O) groups excluding carboxylic acids is 2. The third-order valence-corrected chi connectivity index (χ3v) is 13.8. The van der Waals surface area contributed by atoms with Gasteiger partial charge in [0.05, 0.1) is 43.3 Å². The minimum Gasteiger partial charge on any atom is -0.391 e. The largest absolute Gasteiger partial charge is 0.391 e. The van der Waals surface area contributed by atoms with Crippen molar-refractivity contribution in [1.82, 2.24) is 39.7 Å². The Hall–Kier alpha value is -4.90. The number of aromatic nitrogens is 6. The quantitative estimate of drug-likeness (QED) is 0.155. The van der Waals surface area contributed by atoms with Crippen molar-refractivity contribution in [2.45, 2.75) is 110 Å². The van der Waals surface area contributed by atoms with E-state index >= 15 is 0 Å². The van der Waals surface area contributed by atoms with Crippen molar-refractivity contribution < 1.29 is 19.4 Å². The number of aliphatic hydroxyl groups excluding tert-OH is 1. The number of pyridine rings is 2. The standard InChI is InChI=1S/C44H56Cl2N12O4/c1-6-31-23(2)15-49-33(25(31)4)21-57-18-28(38-40(46)52-43(47)53-41(38)57)14-36(61)56-11-8-30(20-56)62-12-9-32-24(3)16-50-34(26(32)5)22-58-17-27(13-35(60)55-10-7-29(59)19-55)37-39(45)51-44(48)54-42(37)58/h15-16,27-30,59H,6-14,17-22H2,1-5H3,(H2,47,52,53)(H2,48,51,54). The van der Waals surface area contributed by atoms with Gasteiger partial charge in [0.2, 0.25) is 23.7 Å². The third kappa shape index (κ3) is 8.84. The summed E-state index contributed by atoms with van der Waals surface area (Å²) in [6.07, 6.45) is 6.68. The van der Waals surface area contributed by atoms with Gasteiger partial charge in [0.25, 0.3) is 0 Å². The molecule has 330 valence electrons. The van der Waals surface area contributed by atoms with Crippen molar-refractivity contribution in [2.24, 2.45) is 0 Å². The summed E-state index contributed by atoms with van der Waals surface area (Å²) in [5, 5.41) is 10.5. The number of β-amino-alcohol motifs (C(OH)–C–C–N with tert-alkyl or cyclic N) is 1. The van der Waals surface area contributed by atoms with Crippen LogP contribution in [0.5, 0.6) is 0 Å². The summed E-state index contributed by atoms with van der Waals surface area (Å²) in [5.41, 5.74) is 22.4. The number of rotatable bonds is 13.